The van der Waals surface area contributed by atoms with Gasteiger partial charge >= 0.3 is 0 Å². The molecule has 3 fully saturated rings. The Kier molecular flexibility index (Phi) is 5.69. The van der Waals surface area contributed by atoms with E-state index >= 15 is 0 Å². The number of fused-ring (bicyclic) bond motifs is 2. The molecular formula is C22H24ClFN6O3. The number of nitrogens with one attached hydrogen (secondary N) is 2. The topological polar surface area (TPSA) is 122 Å². The molecule has 0 unspecified atom stereocenters. The first-order valence-corrected chi connectivity index (χ1v) is 11.4. The molecule has 1 aromatic carbocycles. The van der Waals surface area contributed by atoms with Crippen molar-refractivity contribution in [1.29, 1.82) is 0 Å². The molecular weight excluding hydrogens is 451 g/mol. The van der Waals surface area contributed by atoms with Crippen LogP contribution in [0.1, 0.15) is 42.6 Å². The van der Waals surface area contributed by atoms with Gasteiger partial charge < -0.3 is 26.0 Å². The number of anilines is 2. The van der Waals surface area contributed by atoms with Crippen LogP contribution in [0.3, 0.4) is 0 Å². The highest BCUT2D eigenvalue weighted by molar-refractivity contribution is 6.32. The quantitative estimate of drug-likeness (QED) is 0.586. The van der Waals surface area contributed by atoms with Gasteiger partial charge in [-0.15, -0.1) is 0 Å². The minimum Gasteiger partial charge on any atom is -0.489 e. The smallest absolute Gasteiger partial charge is 0.267 e. The summed E-state index contributed by atoms with van der Waals surface area (Å²) in [5.74, 6) is 0.101. The zero-order valence-corrected chi connectivity index (χ0v) is 18.5. The van der Waals surface area contributed by atoms with Gasteiger partial charge in [0.2, 0.25) is 11.9 Å². The molecule has 3 saturated heterocycles. The van der Waals surface area contributed by atoms with E-state index in [0.717, 1.165) is 12.8 Å². The van der Waals surface area contributed by atoms with Crippen LogP contribution in [0.15, 0.2) is 24.3 Å². The van der Waals surface area contributed by atoms with Crippen LogP contribution in [0.5, 0.6) is 5.75 Å². The number of ether oxygens (including phenoxy) is 1. The molecule has 0 spiro atoms. The van der Waals surface area contributed by atoms with Gasteiger partial charge in [-0.3, -0.25) is 9.59 Å². The number of hydrogen-bond donors (Lipinski definition) is 3. The molecule has 3 aliphatic heterocycles. The number of piperidine rings is 1. The number of aromatic nitrogens is 2. The average molecular weight is 475 g/mol. The Morgan fingerprint density at radius 1 is 1.21 bits per heavy atom. The minimum absolute atomic E-state index is 0.0826. The Hall–Kier alpha value is -3.14. The Bertz CT molecular complexity index is 1090. The standard InChI is InChI=1S/C22H24ClFN6O3/c23-15-7-11(24)1-4-18(15)33-14-8-12-2-3-13(9-14)30(12)22-28-17(20(25)31)10-19(29-22)27-16-5-6-26-21(16)32/h1,4,7,10,12-14,16H,2-3,5-6,8-9H2,(H2,25,31)(H,26,32)(H,27,28,29)/t12-,13+,14-,16-/m0/s1. The van der Waals surface area contributed by atoms with E-state index in [2.05, 4.69) is 25.5 Å². The Balaban J connectivity index is 1.36. The number of primary amides is 1. The summed E-state index contributed by atoms with van der Waals surface area (Å²) in [5.41, 5.74) is 5.61. The predicted molar refractivity (Wildman–Crippen MR) is 120 cm³/mol. The van der Waals surface area contributed by atoms with E-state index in [1.807, 2.05) is 0 Å². The van der Waals surface area contributed by atoms with Gasteiger partial charge in [0.1, 0.15) is 35.2 Å². The molecule has 4 atom stereocenters. The molecule has 0 aliphatic carbocycles. The van der Waals surface area contributed by atoms with Crippen LogP contribution in [-0.2, 0) is 4.79 Å². The zero-order chi connectivity index (χ0) is 23.1. The Labute approximate surface area is 194 Å². The van der Waals surface area contributed by atoms with Gasteiger partial charge in [0.25, 0.3) is 5.91 Å². The van der Waals surface area contributed by atoms with Crippen LogP contribution in [0, 0.1) is 5.82 Å². The number of nitrogens with zero attached hydrogens (tertiary/aromatic N) is 3. The molecule has 4 heterocycles. The zero-order valence-electron chi connectivity index (χ0n) is 17.8. The fourth-order valence-corrected chi connectivity index (χ4v) is 5.17. The summed E-state index contributed by atoms with van der Waals surface area (Å²) in [4.78, 5) is 35.1. The van der Waals surface area contributed by atoms with Gasteiger partial charge in [-0.25, -0.2) is 9.37 Å². The SMILES string of the molecule is NC(=O)c1cc(N[C@H]2CCNC2=O)nc(N2[C@@H]3CC[C@H]2C[C@H](Oc2ccc(F)cc2Cl)C3)n1. The van der Waals surface area contributed by atoms with E-state index in [1.54, 1.807) is 6.07 Å². The van der Waals surface area contributed by atoms with E-state index in [9.17, 15) is 14.0 Å². The number of carbonyl (C=O) groups excluding carboxylic acids is 2. The molecule has 3 aliphatic rings. The second kappa shape index (κ2) is 8.66. The summed E-state index contributed by atoms with van der Waals surface area (Å²) in [6, 6.07) is 5.40. The monoisotopic (exact) mass is 474 g/mol. The number of carbonyl (C=O) groups is 2. The Morgan fingerprint density at radius 3 is 2.61 bits per heavy atom. The van der Waals surface area contributed by atoms with Crippen molar-refractivity contribution in [3.05, 3.63) is 40.8 Å². The second-order valence-corrected chi connectivity index (χ2v) is 9.06. The van der Waals surface area contributed by atoms with Gasteiger partial charge in [-0.2, -0.15) is 4.98 Å². The number of benzene rings is 1. The number of halogens is 2. The van der Waals surface area contributed by atoms with Crippen molar-refractivity contribution in [2.75, 3.05) is 16.8 Å². The van der Waals surface area contributed by atoms with Gasteiger partial charge in [-0.05, 0) is 37.5 Å². The predicted octanol–water partition coefficient (Wildman–Crippen LogP) is 2.25. The lowest BCUT2D eigenvalue weighted by molar-refractivity contribution is -0.119. The van der Waals surface area contributed by atoms with Gasteiger partial charge in [-0.1, -0.05) is 11.6 Å². The molecule has 11 heteroatoms. The maximum absolute atomic E-state index is 13.3. The molecule has 0 saturated carbocycles. The van der Waals surface area contributed by atoms with Crippen molar-refractivity contribution in [3.63, 3.8) is 0 Å². The third-order valence-corrected chi connectivity index (χ3v) is 6.74. The molecule has 0 radical (unpaired) electrons. The maximum Gasteiger partial charge on any atom is 0.267 e. The van der Waals surface area contributed by atoms with Gasteiger partial charge in [0, 0.05) is 37.5 Å². The summed E-state index contributed by atoms with van der Waals surface area (Å²) in [6.45, 7) is 0.590. The van der Waals surface area contributed by atoms with Crippen LogP contribution in [0.25, 0.3) is 0 Å². The van der Waals surface area contributed by atoms with E-state index in [1.165, 1.54) is 18.2 Å². The van der Waals surface area contributed by atoms with Crippen molar-refractivity contribution in [2.24, 2.45) is 5.73 Å². The number of nitrogens with two attached hydrogens (primary N) is 1. The first kappa shape index (κ1) is 21.7. The maximum atomic E-state index is 13.3. The fourth-order valence-electron chi connectivity index (χ4n) is 4.96. The van der Waals surface area contributed by atoms with Crippen molar-refractivity contribution in [1.82, 2.24) is 15.3 Å². The molecule has 174 valence electrons. The molecule has 2 aromatic rings. The van der Waals surface area contributed by atoms with E-state index in [0.29, 0.717) is 43.3 Å². The van der Waals surface area contributed by atoms with Crippen LogP contribution in [-0.4, -0.2) is 52.6 Å². The summed E-state index contributed by atoms with van der Waals surface area (Å²) >= 11 is 6.13. The van der Waals surface area contributed by atoms with Crippen LogP contribution < -0.4 is 26.0 Å². The molecule has 1 aromatic heterocycles. The number of hydrogen-bond acceptors (Lipinski definition) is 7. The highest BCUT2D eigenvalue weighted by Crippen LogP contribution is 2.40. The highest BCUT2D eigenvalue weighted by atomic mass is 35.5. The summed E-state index contributed by atoms with van der Waals surface area (Å²) in [7, 11) is 0. The second-order valence-electron chi connectivity index (χ2n) is 8.66. The molecule has 2 bridgehead atoms. The summed E-state index contributed by atoms with van der Waals surface area (Å²) < 4.78 is 19.4. The van der Waals surface area contributed by atoms with Crippen molar-refractivity contribution < 1.29 is 18.7 Å². The average Bonchev–Trinajstić information content (AvgIpc) is 3.29. The first-order valence-electron chi connectivity index (χ1n) is 11.0. The highest BCUT2D eigenvalue weighted by Gasteiger charge is 2.43. The Morgan fingerprint density at radius 2 is 1.97 bits per heavy atom. The van der Waals surface area contributed by atoms with Gasteiger partial charge in [0.15, 0.2) is 0 Å². The van der Waals surface area contributed by atoms with Crippen molar-refractivity contribution >= 4 is 35.2 Å². The first-order chi connectivity index (χ1) is 15.9. The molecule has 33 heavy (non-hydrogen) atoms. The largest absolute Gasteiger partial charge is 0.489 e. The van der Waals surface area contributed by atoms with Gasteiger partial charge in [0.05, 0.1) is 5.02 Å². The summed E-state index contributed by atoms with van der Waals surface area (Å²) in [6.07, 6.45) is 3.83. The number of rotatable bonds is 6. The van der Waals surface area contributed by atoms with Crippen molar-refractivity contribution in [3.8, 4) is 5.75 Å². The fraction of sp³-hybridized carbons (Fsp3) is 0.455. The third kappa shape index (κ3) is 4.39. The van der Waals surface area contributed by atoms with Crippen LogP contribution in [0.2, 0.25) is 5.02 Å². The lowest BCUT2D eigenvalue weighted by Gasteiger charge is -2.39. The molecule has 5 rings (SSSR count). The van der Waals surface area contributed by atoms with Crippen LogP contribution >= 0.6 is 11.6 Å². The van der Waals surface area contributed by atoms with E-state index in [4.69, 9.17) is 22.1 Å². The lowest BCUT2D eigenvalue weighted by Crippen LogP contribution is -2.47. The minimum atomic E-state index is -0.658. The molecule has 9 nitrogen and oxygen atoms in total. The normalized spacial score (nSPS) is 26.2. The van der Waals surface area contributed by atoms with E-state index in [-0.39, 0.29) is 34.8 Å². The molecule has 4 N–H and O–H groups in total. The van der Waals surface area contributed by atoms with E-state index < -0.39 is 17.8 Å². The summed E-state index contributed by atoms with van der Waals surface area (Å²) in [5, 5.41) is 6.11. The number of amides is 2. The third-order valence-electron chi connectivity index (χ3n) is 6.45. The van der Waals surface area contributed by atoms with Crippen LogP contribution in [0.4, 0.5) is 16.2 Å². The van der Waals surface area contributed by atoms with Crippen molar-refractivity contribution in [2.45, 2.75) is 56.3 Å². The molecule has 2 amide bonds. The lowest BCUT2D eigenvalue weighted by atomic mass is 10.00.